The van der Waals surface area contributed by atoms with E-state index in [2.05, 4.69) is 15.9 Å². The van der Waals surface area contributed by atoms with E-state index < -0.39 is 35.9 Å². The number of nitriles is 1. The first-order chi connectivity index (χ1) is 7.24. The minimum atomic E-state index is -2.66. The van der Waals surface area contributed by atoms with E-state index in [0.717, 1.165) is 0 Å². The molecule has 1 aromatic carbocycles. The lowest BCUT2D eigenvalue weighted by atomic mass is 10.2. The molecule has 1 aromatic rings. The molecule has 0 aliphatic heterocycles. The molecule has 0 fully saturated rings. The van der Waals surface area contributed by atoms with Crippen LogP contribution >= 0.6 is 15.9 Å². The largest absolute Gasteiger partial charge is 0.206 e. The number of hydrogen-bond donors (Lipinski definition) is 0. The van der Waals surface area contributed by atoms with Crippen LogP contribution in [-0.4, -0.2) is 0 Å². The first-order valence-corrected chi connectivity index (χ1v) is 3.39. The summed E-state index contributed by atoms with van der Waals surface area (Å²) >= 11 is 2.70. The molecule has 56 valence electrons. The van der Waals surface area contributed by atoms with E-state index in [1.54, 1.807) is 0 Å². The van der Waals surface area contributed by atoms with E-state index in [-0.39, 0.29) is 4.47 Å². The molecule has 0 spiro atoms. The second kappa shape index (κ2) is 3.49. The zero-order valence-electron chi connectivity index (χ0n) is 10.2. The fourth-order valence-electron chi connectivity index (χ4n) is 0.487. The highest BCUT2D eigenvalue weighted by Crippen LogP contribution is 2.16. The van der Waals surface area contributed by atoms with Gasteiger partial charge in [-0.1, -0.05) is 6.04 Å². The minimum absolute atomic E-state index is 0.375. The Bertz CT molecular complexity index is 467. The highest BCUT2D eigenvalue weighted by molar-refractivity contribution is 9.10. The molecule has 0 unspecified atom stereocenters. The summed E-state index contributed by atoms with van der Waals surface area (Å²) in [6.07, 6.45) is -2.66. The van der Waals surface area contributed by atoms with Crippen LogP contribution in [0.3, 0.4) is 0 Å². The highest BCUT2D eigenvalue weighted by Gasteiger charge is 1.98. The van der Waals surface area contributed by atoms with Gasteiger partial charge in [-0.25, -0.2) is 4.39 Å². The Balaban J connectivity index is 3.73. The molecular formula is C8H5BrFN. The van der Waals surface area contributed by atoms with Gasteiger partial charge in [0.15, 0.2) is 0 Å². The molecule has 11 heavy (non-hydrogen) atoms. The van der Waals surface area contributed by atoms with Crippen LogP contribution in [0.1, 0.15) is 12.4 Å². The Kier molecular flexibility index (Phi) is 1.17. The van der Waals surface area contributed by atoms with Crippen molar-refractivity contribution in [1.82, 2.24) is 0 Å². The predicted molar refractivity (Wildman–Crippen MR) is 43.4 cm³/mol. The van der Waals surface area contributed by atoms with E-state index in [4.69, 9.17) is 12.1 Å². The second-order valence-electron chi connectivity index (χ2n) is 1.61. The topological polar surface area (TPSA) is 23.8 Å². The first kappa shape index (κ1) is 3.68. The Labute approximate surface area is 79.6 Å². The zero-order valence-corrected chi connectivity index (χ0v) is 6.79. The standard InChI is InChI=1S/C8H5BrFN/c9-7-2-1-6(3-4-11)5-8(7)10/h1-2,5H,3H2/i1D,2D,3D2,5D. The molecule has 0 N–H and O–H groups in total. The number of hydrogen-bond acceptors (Lipinski definition) is 1. The van der Waals surface area contributed by atoms with Crippen LogP contribution in [0.15, 0.2) is 22.6 Å². The fraction of sp³-hybridized carbons (Fsp3) is 0.125. The van der Waals surface area contributed by atoms with Gasteiger partial charge in [-0.3, -0.25) is 0 Å². The third-order valence-electron chi connectivity index (χ3n) is 0.906. The normalized spacial score (nSPS) is 17.0. The lowest BCUT2D eigenvalue weighted by molar-refractivity contribution is 0.619. The number of benzene rings is 1. The van der Waals surface area contributed by atoms with Gasteiger partial charge in [0.05, 0.1) is 21.0 Å². The summed E-state index contributed by atoms with van der Waals surface area (Å²) in [5.41, 5.74) is -0.722. The van der Waals surface area contributed by atoms with E-state index in [0.29, 0.717) is 0 Å². The van der Waals surface area contributed by atoms with Gasteiger partial charge in [0.1, 0.15) is 5.82 Å². The van der Waals surface area contributed by atoms with Gasteiger partial charge in [0.25, 0.3) is 0 Å². The molecular weight excluding hydrogens is 209 g/mol. The summed E-state index contributed by atoms with van der Waals surface area (Å²) in [7, 11) is 0. The van der Waals surface area contributed by atoms with Crippen LogP contribution in [0.5, 0.6) is 0 Å². The molecule has 0 aliphatic rings. The summed E-state index contributed by atoms with van der Waals surface area (Å²) in [6, 6.07) is -0.877. The lowest BCUT2D eigenvalue weighted by Crippen LogP contribution is -1.83. The summed E-state index contributed by atoms with van der Waals surface area (Å²) < 4.78 is 49.6. The van der Waals surface area contributed by atoms with Crippen molar-refractivity contribution in [2.45, 2.75) is 6.37 Å². The van der Waals surface area contributed by atoms with Crippen LogP contribution in [0.2, 0.25) is 0 Å². The maximum absolute atomic E-state index is 13.4. The minimum Gasteiger partial charge on any atom is -0.206 e. The molecule has 1 nitrogen and oxygen atoms in total. The van der Waals surface area contributed by atoms with E-state index in [9.17, 15) is 4.39 Å². The van der Waals surface area contributed by atoms with Gasteiger partial charge in [-0.05, 0) is 33.6 Å². The van der Waals surface area contributed by atoms with Crippen LogP contribution < -0.4 is 0 Å². The van der Waals surface area contributed by atoms with Crippen LogP contribution in [0, 0.1) is 17.1 Å². The highest BCUT2D eigenvalue weighted by atomic mass is 79.9. The van der Waals surface area contributed by atoms with E-state index in [1.165, 1.54) is 6.07 Å². The molecule has 0 amide bonds. The Morgan fingerprint density at radius 2 is 2.55 bits per heavy atom. The van der Waals surface area contributed by atoms with Crippen LogP contribution in [0.4, 0.5) is 4.39 Å². The maximum atomic E-state index is 13.4. The van der Waals surface area contributed by atoms with Gasteiger partial charge >= 0.3 is 0 Å². The summed E-state index contributed by atoms with van der Waals surface area (Å²) in [5, 5.41) is 8.56. The number of rotatable bonds is 1. The Morgan fingerprint density at radius 3 is 3.18 bits per heavy atom. The third kappa shape index (κ3) is 2.02. The summed E-state index contributed by atoms with van der Waals surface area (Å²) in [5.74, 6) is -1.14. The van der Waals surface area contributed by atoms with Crippen LogP contribution in [-0.2, 0) is 6.37 Å². The molecule has 1 rings (SSSR count). The van der Waals surface area contributed by atoms with Crippen molar-refractivity contribution in [3.63, 3.8) is 0 Å². The van der Waals surface area contributed by atoms with E-state index in [1.807, 2.05) is 0 Å². The molecule has 0 bridgehead atoms. The number of nitrogens with zero attached hydrogens (tertiary/aromatic N) is 1. The first-order valence-electron chi connectivity index (χ1n) is 5.10. The van der Waals surface area contributed by atoms with Crippen molar-refractivity contribution >= 4 is 15.9 Å². The quantitative estimate of drug-likeness (QED) is 0.712. The average molecular weight is 219 g/mol. The SMILES string of the molecule is [2H]c1c([2H])c(C([2H])([2H])C#N)c([2H])c(F)c1Br. The molecule has 0 aliphatic carbocycles. The smallest absolute Gasteiger partial charge is 0.137 e. The van der Waals surface area contributed by atoms with Gasteiger partial charge in [0.2, 0.25) is 0 Å². The fourth-order valence-corrected chi connectivity index (χ4v) is 0.685. The average Bonchev–Trinajstić information content (AvgIpc) is 2.23. The van der Waals surface area contributed by atoms with Crippen molar-refractivity contribution < 1.29 is 11.2 Å². The Morgan fingerprint density at radius 1 is 1.82 bits per heavy atom. The predicted octanol–water partition coefficient (Wildman–Crippen LogP) is 2.65. The zero-order chi connectivity index (χ0) is 12.7. The molecule has 0 atom stereocenters. The Hall–Kier alpha value is -0.880. The van der Waals surface area contributed by atoms with E-state index >= 15 is 0 Å². The molecule has 0 radical (unpaired) electrons. The van der Waals surface area contributed by atoms with Crippen molar-refractivity contribution in [1.29, 1.82) is 5.26 Å². The summed E-state index contributed by atoms with van der Waals surface area (Å²) in [6.45, 7) is 0. The van der Waals surface area contributed by atoms with Gasteiger partial charge in [-0.2, -0.15) is 5.26 Å². The van der Waals surface area contributed by atoms with Gasteiger partial charge < -0.3 is 0 Å². The number of halogens is 2. The molecule has 0 heterocycles. The van der Waals surface area contributed by atoms with Crippen molar-refractivity contribution in [2.24, 2.45) is 0 Å². The second-order valence-corrected chi connectivity index (χ2v) is 2.41. The monoisotopic (exact) mass is 218 g/mol. The maximum Gasteiger partial charge on any atom is 0.137 e. The summed E-state index contributed by atoms with van der Waals surface area (Å²) in [4.78, 5) is 0. The van der Waals surface area contributed by atoms with Crippen LogP contribution in [0.25, 0.3) is 0 Å². The third-order valence-corrected chi connectivity index (χ3v) is 1.45. The van der Waals surface area contributed by atoms with Crippen molar-refractivity contribution in [3.05, 3.63) is 34.0 Å². The van der Waals surface area contributed by atoms with Crippen molar-refractivity contribution in [3.8, 4) is 6.07 Å². The molecule has 0 aromatic heterocycles. The molecule has 3 heteroatoms. The molecule has 0 saturated carbocycles. The molecule has 0 saturated heterocycles. The lowest BCUT2D eigenvalue weighted by Gasteiger charge is -1.95. The van der Waals surface area contributed by atoms with Gasteiger partial charge in [0, 0.05) is 2.74 Å². The van der Waals surface area contributed by atoms with Crippen molar-refractivity contribution in [2.75, 3.05) is 0 Å². The van der Waals surface area contributed by atoms with Gasteiger partial charge in [-0.15, -0.1) is 0 Å².